The minimum atomic E-state index is -0.130. The van der Waals surface area contributed by atoms with Gasteiger partial charge < -0.3 is 10.2 Å². The number of benzene rings is 2. The largest absolute Gasteiger partial charge is 0.339 e. The van der Waals surface area contributed by atoms with E-state index in [1.807, 2.05) is 36.1 Å². The maximum Gasteiger partial charge on any atom is 0.253 e. The van der Waals surface area contributed by atoms with E-state index >= 15 is 0 Å². The van der Waals surface area contributed by atoms with Crippen molar-refractivity contribution in [3.63, 3.8) is 0 Å². The van der Waals surface area contributed by atoms with Crippen molar-refractivity contribution >= 4 is 40.7 Å². The minimum Gasteiger partial charge on any atom is -0.339 e. The lowest BCUT2D eigenvalue weighted by molar-refractivity contribution is -0.121. The van der Waals surface area contributed by atoms with E-state index in [4.69, 9.17) is 23.2 Å². The molecule has 1 saturated heterocycles. The highest BCUT2D eigenvalue weighted by atomic mass is 35.5. The van der Waals surface area contributed by atoms with Gasteiger partial charge in [0.25, 0.3) is 5.91 Å². The van der Waals surface area contributed by atoms with Crippen LogP contribution in [0.3, 0.4) is 0 Å². The third kappa shape index (κ3) is 4.57. The van der Waals surface area contributed by atoms with Gasteiger partial charge in [0.1, 0.15) is 0 Å². The monoisotopic (exact) mass is 390 g/mol. The lowest BCUT2D eigenvalue weighted by Gasteiger charge is -2.31. The number of halogens is 2. The smallest absolute Gasteiger partial charge is 0.253 e. The molecule has 136 valence electrons. The van der Waals surface area contributed by atoms with Crippen molar-refractivity contribution in [3.05, 3.63) is 63.6 Å². The van der Waals surface area contributed by atoms with E-state index in [9.17, 15) is 9.59 Å². The summed E-state index contributed by atoms with van der Waals surface area (Å²) in [5.74, 6) is -0.172. The fraction of sp³-hybridized carbons (Fsp3) is 0.300. The van der Waals surface area contributed by atoms with Crippen LogP contribution in [0.5, 0.6) is 0 Å². The van der Waals surface area contributed by atoms with Crippen LogP contribution in [0.4, 0.5) is 5.69 Å². The van der Waals surface area contributed by atoms with Crippen LogP contribution in [0.25, 0.3) is 0 Å². The molecular formula is C20H20Cl2N2O2. The van der Waals surface area contributed by atoms with E-state index in [1.165, 1.54) is 0 Å². The lowest BCUT2D eigenvalue weighted by atomic mass is 9.95. The van der Waals surface area contributed by atoms with Crippen LogP contribution in [0.1, 0.15) is 28.8 Å². The van der Waals surface area contributed by atoms with Gasteiger partial charge in [0.05, 0.1) is 0 Å². The Bertz CT molecular complexity index is 810. The molecule has 2 aromatic rings. The Balaban J connectivity index is 1.57. The molecule has 0 aliphatic carbocycles. The molecule has 0 unspecified atom stereocenters. The first-order valence-corrected chi connectivity index (χ1v) is 9.31. The van der Waals surface area contributed by atoms with Gasteiger partial charge in [0, 0.05) is 40.3 Å². The zero-order chi connectivity index (χ0) is 18.7. The molecule has 1 fully saturated rings. The van der Waals surface area contributed by atoms with Crippen LogP contribution < -0.4 is 5.32 Å². The van der Waals surface area contributed by atoms with Crippen LogP contribution in [0.15, 0.2) is 42.5 Å². The summed E-state index contributed by atoms with van der Waals surface area (Å²) >= 11 is 11.9. The topological polar surface area (TPSA) is 49.4 Å². The molecule has 0 bridgehead atoms. The fourth-order valence-corrected chi connectivity index (χ4v) is 3.70. The van der Waals surface area contributed by atoms with Gasteiger partial charge in [0.15, 0.2) is 0 Å². The second-order valence-corrected chi connectivity index (χ2v) is 7.46. The average Bonchev–Trinajstić information content (AvgIpc) is 2.60. The molecule has 1 N–H and O–H groups in total. The number of hydrogen-bond acceptors (Lipinski definition) is 2. The zero-order valence-corrected chi connectivity index (χ0v) is 16.0. The fourth-order valence-electron chi connectivity index (χ4n) is 3.18. The van der Waals surface area contributed by atoms with Crippen LogP contribution >= 0.6 is 23.2 Å². The summed E-state index contributed by atoms with van der Waals surface area (Å²) in [4.78, 5) is 26.9. The van der Waals surface area contributed by atoms with Crippen LogP contribution in [0.2, 0.25) is 10.0 Å². The molecule has 4 nitrogen and oxygen atoms in total. The summed E-state index contributed by atoms with van der Waals surface area (Å²) in [7, 11) is 0. The van der Waals surface area contributed by atoms with E-state index in [0.717, 1.165) is 5.56 Å². The number of anilines is 1. The van der Waals surface area contributed by atoms with Gasteiger partial charge in [-0.3, -0.25) is 9.59 Å². The Kier molecular flexibility index (Phi) is 5.84. The highest BCUT2D eigenvalue weighted by Gasteiger charge is 2.28. The molecule has 6 heteroatoms. The summed E-state index contributed by atoms with van der Waals surface area (Å²) in [6.07, 6.45) is 1.27. The summed E-state index contributed by atoms with van der Waals surface area (Å²) < 4.78 is 0. The van der Waals surface area contributed by atoms with Gasteiger partial charge in [-0.1, -0.05) is 40.9 Å². The number of aryl methyl sites for hydroxylation is 1. The van der Waals surface area contributed by atoms with Crippen molar-refractivity contribution in [3.8, 4) is 0 Å². The molecule has 0 saturated carbocycles. The number of hydrogen-bond donors (Lipinski definition) is 1. The van der Waals surface area contributed by atoms with Crippen molar-refractivity contribution in [2.75, 3.05) is 18.4 Å². The third-order valence-electron chi connectivity index (χ3n) is 4.55. The number of nitrogens with zero attached hydrogens (tertiary/aromatic N) is 1. The van der Waals surface area contributed by atoms with Crippen molar-refractivity contribution in [1.29, 1.82) is 0 Å². The number of piperidine rings is 1. The summed E-state index contributed by atoms with van der Waals surface area (Å²) in [5.41, 5.74) is 2.34. The standard InChI is InChI=1S/C20H20Cl2N2O2/c1-13-3-2-4-15(9-13)20(26)24-7-5-14(6-8-24)19(25)23-18-11-16(21)10-17(22)12-18/h2-4,9-12,14H,5-8H2,1H3,(H,23,25). The molecule has 2 aromatic carbocycles. The Morgan fingerprint density at radius 1 is 1.04 bits per heavy atom. The van der Waals surface area contributed by atoms with Crippen LogP contribution in [-0.2, 0) is 4.79 Å². The first-order chi connectivity index (χ1) is 12.4. The molecule has 1 aliphatic heterocycles. The Morgan fingerprint density at radius 3 is 2.31 bits per heavy atom. The summed E-state index contributed by atoms with van der Waals surface area (Å²) in [5, 5.41) is 3.82. The molecule has 1 aliphatic rings. The van der Waals surface area contributed by atoms with E-state index in [0.29, 0.717) is 47.2 Å². The zero-order valence-electron chi connectivity index (χ0n) is 14.5. The molecule has 0 radical (unpaired) electrons. The van der Waals surface area contributed by atoms with Crippen LogP contribution in [-0.4, -0.2) is 29.8 Å². The van der Waals surface area contributed by atoms with Gasteiger partial charge in [-0.15, -0.1) is 0 Å². The minimum absolute atomic E-state index is 0.0224. The number of carbonyl (C=O) groups excluding carboxylic acids is 2. The molecule has 0 aromatic heterocycles. The van der Waals surface area contributed by atoms with Gasteiger partial charge >= 0.3 is 0 Å². The van der Waals surface area contributed by atoms with Gasteiger partial charge in [-0.05, 0) is 50.1 Å². The van der Waals surface area contributed by atoms with Crippen molar-refractivity contribution in [2.45, 2.75) is 19.8 Å². The first kappa shape index (κ1) is 18.7. The Hall–Kier alpha value is -2.04. The third-order valence-corrected chi connectivity index (χ3v) is 4.98. The van der Waals surface area contributed by atoms with Crippen molar-refractivity contribution in [2.24, 2.45) is 5.92 Å². The highest BCUT2D eigenvalue weighted by Crippen LogP contribution is 2.25. The second kappa shape index (κ2) is 8.11. The number of carbonyl (C=O) groups is 2. The lowest BCUT2D eigenvalue weighted by Crippen LogP contribution is -2.41. The molecule has 2 amide bonds. The number of nitrogens with one attached hydrogen (secondary N) is 1. The van der Waals surface area contributed by atoms with Crippen molar-refractivity contribution in [1.82, 2.24) is 4.90 Å². The maximum atomic E-state index is 12.6. The summed E-state index contributed by atoms with van der Waals surface area (Å²) in [6.45, 7) is 3.11. The molecule has 26 heavy (non-hydrogen) atoms. The molecule has 0 spiro atoms. The molecule has 1 heterocycles. The van der Waals surface area contributed by atoms with Gasteiger partial charge in [-0.25, -0.2) is 0 Å². The van der Waals surface area contributed by atoms with E-state index < -0.39 is 0 Å². The normalized spacial score (nSPS) is 15.0. The first-order valence-electron chi connectivity index (χ1n) is 8.55. The van der Waals surface area contributed by atoms with E-state index in [-0.39, 0.29) is 17.7 Å². The SMILES string of the molecule is Cc1cccc(C(=O)N2CCC(C(=O)Nc3cc(Cl)cc(Cl)c3)CC2)c1. The van der Waals surface area contributed by atoms with Gasteiger partial charge in [-0.2, -0.15) is 0 Å². The quantitative estimate of drug-likeness (QED) is 0.818. The number of rotatable bonds is 3. The van der Waals surface area contributed by atoms with Gasteiger partial charge in [0.2, 0.25) is 5.91 Å². The predicted molar refractivity (Wildman–Crippen MR) is 105 cm³/mol. The van der Waals surface area contributed by atoms with E-state index in [1.54, 1.807) is 18.2 Å². The summed E-state index contributed by atoms with van der Waals surface area (Å²) in [6, 6.07) is 12.5. The van der Waals surface area contributed by atoms with Crippen LogP contribution in [0, 0.1) is 12.8 Å². The number of amides is 2. The Labute approximate surface area is 163 Å². The maximum absolute atomic E-state index is 12.6. The second-order valence-electron chi connectivity index (χ2n) is 6.58. The molecular weight excluding hydrogens is 371 g/mol. The highest BCUT2D eigenvalue weighted by molar-refractivity contribution is 6.35. The molecule has 0 atom stereocenters. The molecule has 3 rings (SSSR count). The van der Waals surface area contributed by atoms with E-state index in [2.05, 4.69) is 5.32 Å². The van der Waals surface area contributed by atoms with Crippen molar-refractivity contribution < 1.29 is 9.59 Å². The Morgan fingerprint density at radius 2 is 1.69 bits per heavy atom. The average molecular weight is 391 g/mol. The predicted octanol–water partition coefficient (Wildman–Crippen LogP) is 4.79. The number of likely N-dealkylation sites (tertiary alicyclic amines) is 1.